The van der Waals surface area contributed by atoms with Crippen LogP contribution in [-0.2, 0) is 0 Å². The molecule has 0 spiro atoms. The van der Waals surface area contributed by atoms with Crippen molar-refractivity contribution >= 4 is 20.1 Å². The van der Waals surface area contributed by atoms with Gasteiger partial charge in [0.05, 0.1) is 5.69 Å². The molecule has 0 aliphatic rings. The average molecular weight is 397 g/mol. The van der Waals surface area contributed by atoms with Crippen LogP contribution in [0.15, 0.2) is 60.8 Å². The first-order valence-electron chi connectivity index (χ1n) is 9.34. The first-order chi connectivity index (χ1) is 13.9. The lowest BCUT2D eigenvalue weighted by atomic mass is 10.0. The fourth-order valence-corrected chi connectivity index (χ4v) is 3.37. The van der Waals surface area contributed by atoms with Crippen LogP contribution >= 0.6 is 0 Å². The summed E-state index contributed by atoms with van der Waals surface area (Å²) in [5.74, 6) is 4.08. The maximum absolute atomic E-state index is 11.0. The molecule has 5 nitrogen and oxygen atoms in total. The van der Waals surface area contributed by atoms with Gasteiger partial charge in [-0.05, 0) is 11.5 Å². The molecule has 142 valence electrons. The monoisotopic (exact) mass is 396 g/mol. The summed E-state index contributed by atoms with van der Waals surface area (Å²) < 4.78 is 1.68. The van der Waals surface area contributed by atoms with Crippen molar-refractivity contribution in [1.29, 1.82) is 0 Å². The Kier molecular flexibility index (Phi) is 4.83. The third-order valence-electron chi connectivity index (χ3n) is 4.29. The van der Waals surface area contributed by atoms with E-state index >= 15 is 0 Å². The third-order valence-corrected chi connectivity index (χ3v) is 5.16. The van der Waals surface area contributed by atoms with Gasteiger partial charge in [-0.2, -0.15) is 4.98 Å². The van der Waals surface area contributed by atoms with E-state index in [1.165, 1.54) is 0 Å². The molecule has 0 aliphatic carbocycles. The summed E-state index contributed by atoms with van der Waals surface area (Å²) in [5.41, 5.74) is 7.59. The Morgan fingerprint density at radius 2 is 1.66 bits per heavy atom. The number of benzene rings is 2. The molecule has 0 atom stereocenters. The number of carbonyl (C=O) groups excluding carboxylic acids is 1. The molecule has 0 aliphatic heterocycles. The van der Waals surface area contributed by atoms with Crippen molar-refractivity contribution in [2.45, 2.75) is 19.6 Å². The van der Waals surface area contributed by atoms with Gasteiger partial charge in [0.25, 0.3) is 5.78 Å². The van der Waals surface area contributed by atoms with Gasteiger partial charge in [-0.15, -0.1) is 10.6 Å². The average Bonchev–Trinajstić information content (AvgIpc) is 3.14. The van der Waals surface area contributed by atoms with Crippen molar-refractivity contribution in [2.24, 2.45) is 0 Å². The van der Waals surface area contributed by atoms with Crippen LogP contribution in [-0.4, -0.2) is 33.9 Å². The lowest BCUT2D eigenvalue weighted by molar-refractivity contribution is 0.112. The SMILES string of the molecule is C[Si](C)(C)C#Cc1nc2nc(-c3ccc(C=O)cc3)c(-c3ccccc3)cn2n1. The normalized spacial score (nSPS) is 11.1. The smallest absolute Gasteiger partial charge is 0.253 e. The second-order valence-electron chi connectivity index (χ2n) is 7.79. The summed E-state index contributed by atoms with van der Waals surface area (Å²) in [4.78, 5) is 20.3. The summed E-state index contributed by atoms with van der Waals surface area (Å²) >= 11 is 0. The van der Waals surface area contributed by atoms with E-state index in [2.05, 4.69) is 41.2 Å². The fourth-order valence-electron chi connectivity index (χ4n) is 2.89. The van der Waals surface area contributed by atoms with E-state index in [1.807, 2.05) is 48.7 Å². The second-order valence-corrected chi connectivity index (χ2v) is 12.5. The predicted octanol–water partition coefficient (Wildman–Crippen LogP) is 4.50. The van der Waals surface area contributed by atoms with Crippen molar-refractivity contribution in [1.82, 2.24) is 19.6 Å². The molecule has 4 rings (SSSR count). The quantitative estimate of drug-likeness (QED) is 0.291. The highest BCUT2D eigenvalue weighted by Gasteiger charge is 2.14. The van der Waals surface area contributed by atoms with E-state index in [0.717, 1.165) is 28.7 Å². The van der Waals surface area contributed by atoms with Crippen molar-refractivity contribution in [2.75, 3.05) is 0 Å². The summed E-state index contributed by atoms with van der Waals surface area (Å²) in [6, 6.07) is 17.4. The van der Waals surface area contributed by atoms with Crippen LogP contribution < -0.4 is 0 Å². The van der Waals surface area contributed by atoms with Crippen LogP contribution in [0.25, 0.3) is 28.2 Å². The molecule has 4 aromatic rings. The number of hydrogen-bond acceptors (Lipinski definition) is 4. The molecule has 2 heterocycles. The number of nitrogens with zero attached hydrogens (tertiary/aromatic N) is 4. The molecule has 0 radical (unpaired) electrons. The predicted molar refractivity (Wildman–Crippen MR) is 117 cm³/mol. The molecular weight excluding hydrogens is 376 g/mol. The number of aromatic nitrogens is 4. The van der Waals surface area contributed by atoms with Crippen molar-refractivity contribution in [3.8, 4) is 33.8 Å². The molecule has 0 unspecified atom stereocenters. The number of fused-ring (bicyclic) bond motifs is 1. The number of aldehydes is 1. The van der Waals surface area contributed by atoms with Crippen LogP contribution in [0.5, 0.6) is 0 Å². The van der Waals surface area contributed by atoms with Gasteiger partial charge in [0.15, 0.2) is 0 Å². The first kappa shape index (κ1) is 18.8. The molecule has 0 bridgehead atoms. The number of rotatable bonds is 3. The zero-order valence-corrected chi connectivity index (χ0v) is 17.5. The molecule has 2 aromatic heterocycles. The minimum absolute atomic E-state index is 0.479. The Balaban J connectivity index is 1.91. The van der Waals surface area contributed by atoms with E-state index in [0.29, 0.717) is 17.2 Å². The molecule has 0 saturated heterocycles. The van der Waals surface area contributed by atoms with E-state index < -0.39 is 8.07 Å². The van der Waals surface area contributed by atoms with Crippen LogP contribution in [0.4, 0.5) is 0 Å². The van der Waals surface area contributed by atoms with Crippen molar-refractivity contribution in [3.63, 3.8) is 0 Å². The fraction of sp³-hybridized carbons (Fsp3) is 0.130. The van der Waals surface area contributed by atoms with Crippen molar-refractivity contribution < 1.29 is 4.79 Å². The summed E-state index contributed by atoms with van der Waals surface area (Å²) in [6.07, 6.45) is 2.77. The Hall–Kier alpha value is -3.56. The van der Waals surface area contributed by atoms with Crippen molar-refractivity contribution in [3.05, 3.63) is 72.2 Å². The molecular formula is C23H20N4OSi. The maximum atomic E-state index is 11.0. The molecule has 29 heavy (non-hydrogen) atoms. The van der Waals surface area contributed by atoms with Gasteiger partial charge in [0.2, 0.25) is 5.82 Å². The Morgan fingerprint density at radius 1 is 0.931 bits per heavy atom. The molecule has 6 heteroatoms. The third kappa shape index (κ3) is 4.15. The lowest BCUT2D eigenvalue weighted by Gasteiger charge is -2.09. The van der Waals surface area contributed by atoms with Gasteiger partial charge < -0.3 is 0 Å². The summed E-state index contributed by atoms with van der Waals surface area (Å²) in [6.45, 7) is 6.55. The lowest BCUT2D eigenvalue weighted by Crippen LogP contribution is -2.16. The van der Waals surface area contributed by atoms with E-state index in [4.69, 9.17) is 4.98 Å². The molecule has 0 amide bonds. The van der Waals surface area contributed by atoms with E-state index in [1.54, 1.807) is 16.6 Å². The zero-order valence-electron chi connectivity index (χ0n) is 16.5. The minimum Gasteiger partial charge on any atom is -0.298 e. The summed E-state index contributed by atoms with van der Waals surface area (Å²) in [5, 5.41) is 4.51. The summed E-state index contributed by atoms with van der Waals surface area (Å²) in [7, 11) is -1.52. The second kappa shape index (κ2) is 7.45. The Labute approximate surface area is 170 Å². The Morgan fingerprint density at radius 3 is 2.31 bits per heavy atom. The molecule has 0 fully saturated rings. The highest BCUT2D eigenvalue weighted by atomic mass is 28.3. The zero-order chi connectivity index (χ0) is 20.4. The molecule has 2 aromatic carbocycles. The standard InChI is InChI=1S/C23H20N4OSi/c1-29(2,3)14-13-21-24-23-25-22(19-11-9-17(16-28)10-12-19)20(15-27(23)26-21)18-7-5-4-6-8-18/h4-12,15-16H,1-3H3. The van der Waals surface area contributed by atoms with E-state index in [9.17, 15) is 4.79 Å². The van der Waals surface area contributed by atoms with Gasteiger partial charge >= 0.3 is 0 Å². The molecule has 0 saturated carbocycles. The van der Waals surface area contributed by atoms with Crippen LogP contribution in [0.3, 0.4) is 0 Å². The number of hydrogen-bond donors (Lipinski definition) is 0. The minimum atomic E-state index is -1.52. The van der Waals surface area contributed by atoms with E-state index in [-0.39, 0.29) is 0 Å². The van der Waals surface area contributed by atoms with Crippen LogP contribution in [0.1, 0.15) is 16.2 Å². The highest BCUT2D eigenvalue weighted by molar-refractivity contribution is 6.83. The largest absolute Gasteiger partial charge is 0.298 e. The first-order valence-corrected chi connectivity index (χ1v) is 12.8. The van der Waals surface area contributed by atoms with Gasteiger partial charge in [-0.25, -0.2) is 9.50 Å². The van der Waals surface area contributed by atoms with Gasteiger partial charge in [0.1, 0.15) is 14.4 Å². The Bertz CT molecular complexity index is 1240. The van der Waals surface area contributed by atoms with Gasteiger partial charge in [-0.3, -0.25) is 4.79 Å². The number of carbonyl (C=O) groups is 1. The van der Waals surface area contributed by atoms with Crippen LogP contribution in [0, 0.1) is 11.5 Å². The highest BCUT2D eigenvalue weighted by Crippen LogP contribution is 2.30. The maximum Gasteiger partial charge on any atom is 0.253 e. The van der Waals surface area contributed by atoms with Gasteiger partial charge in [0, 0.05) is 22.9 Å². The van der Waals surface area contributed by atoms with Crippen LogP contribution in [0.2, 0.25) is 19.6 Å². The molecule has 0 N–H and O–H groups in total. The topological polar surface area (TPSA) is 60.2 Å². The van der Waals surface area contributed by atoms with Gasteiger partial charge in [-0.1, -0.05) is 74.2 Å².